The van der Waals surface area contributed by atoms with Gasteiger partial charge in [0, 0.05) is 17.3 Å². The standard InChI is InChI=1S/C21H25N3O4S/c1-13-6-5-7-14(2)20(13)23-19(25)12-22-21(26)16-8-9-18-17(11-16)10-15(3)24(18)29(4,27)28/h5-9,11,15H,10,12H2,1-4H3,(H,22,26)(H,23,25)/t15-/m0/s1. The Hall–Kier alpha value is -2.87. The Balaban J connectivity index is 1.67. The van der Waals surface area contributed by atoms with Gasteiger partial charge >= 0.3 is 0 Å². The van der Waals surface area contributed by atoms with Crippen molar-refractivity contribution in [2.24, 2.45) is 0 Å². The second-order valence-corrected chi connectivity index (χ2v) is 9.31. The fourth-order valence-corrected chi connectivity index (χ4v) is 4.97. The number of nitrogens with zero attached hydrogens (tertiary/aromatic N) is 1. The molecule has 2 aromatic carbocycles. The van der Waals surface area contributed by atoms with Crippen LogP contribution in [0.5, 0.6) is 0 Å². The summed E-state index contributed by atoms with van der Waals surface area (Å²) in [7, 11) is -3.38. The van der Waals surface area contributed by atoms with Crippen LogP contribution in [0, 0.1) is 13.8 Å². The maximum Gasteiger partial charge on any atom is 0.251 e. The Labute approximate surface area is 171 Å². The number of benzene rings is 2. The Morgan fingerprint density at radius 2 is 1.79 bits per heavy atom. The average molecular weight is 416 g/mol. The Morgan fingerprint density at radius 1 is 1.14 bits per heavy atom. The number of aryl methyl sites for hydroxylation is 2. The van der Waals surface area contributed by atoms with Crippen LogP contribution in [-0.2, 0) is 21.2 Å². The molecular formula is C21H25N3O4S. The lowest BCUT2D eigenvalue weighted by atomic mass is 10.1. The molecule has 7 nitrogen and oxygen atoms in total. The van der Waals surface area contributed by atoms with Crippen molar-refractivity contribution in [1.29, 1.82) is 0 Å². The summed E-state index contributed by atoms with van der Waals surface area (Å²) in [5, 5.41) is 5.45. The van der Waals surface area contributed by atoms with Crippen LogP contribution < -0.4 is 14.9 Å². The first-order chi connectivity index (χ1) is 13.6. The van der Waals surface area contributed by atoms with Crippen molar-refractivity contribution in [3.8, 4) is 0 Å². The Kier molecular flexibility index (Phi) is 5.66. The molecule has 0 fully saturated rings. The predicted octanol–water partition coefficient (Wildman–Crippen LogP) is 2.38. The topological polar surface area (TPSA) is 95.6 Å². The van der Waals surface area contributed by atoms with E-state index in [1.54, 1.807) is 18.2 Å². The first-order valence-electron chi connectivity index (χ1n) is 9.34. The number of carbonyl (C=O) groups excluding carboxylic acids is 2. The van der Waals surface area contributed by atoms with Crippen LogP contribution in [-0.4, -0.2) is 39.1 Å². The number of rotatable bonds is 5. The van der Waals surface area contributed by atoms with Crippen molar-refractivity contribution in [1.82, 2.24) is 5.32 Å². The first-order valence-corrected chi connectivity index (χ1v) is 11.2. The van der Waals surface area contributed by atoms with Crippen molar-refractivity contribution < 1.29 is 18.0 Å². The molecule has 0 radical (unpaired) electrons. The summed E-state index contributed by atoms with van der Waals surface area (Å²) in [6.45, 7) is 5.49. The third-order valence-electron chi connectivity index (χ3n) is 5.01. The molecule has 1 aliphatic heterocycles. The number of hydrogen-bond donors (Lipinski definition) is 2. The van der Waals surface area contributed by atoms with Gasteiger partial charge in [-0.05, 0) is 62.1 Å². The van der Waals surface area contributed by atoms with E-state index in [9.17, 15) is 18.0 Å². The van der Waals surface area contributed by atoms with Crippen LogP contribution in [0.1, 0.15) is 34.0 Å². The molecule has 0 aromatic heterocycles. The van der Waals surface area contributed by atoms with Gasteiger partial charge in [0.05, 0.1) is 18.5 Å². The zero-order valence-corrected chi connectivity index (χ0v) is 17.8. The molecule has 0 saturated heterocycles. The molecule has 8 heteroatoms. The van der Waals surface area contributed by atoms with Crippen LogP contribution in [0.2, 0.25) is 0 Å². The fraction of sp³-hybridized carbons (Fsp3) is 0.333. The van der Waals surface area contributed by atoms with E-state index < -0.39 is 10.0 Å². The predicted molar refractivity (Wildman–Crippen MR) is 114 cm³/mol. The maximum atomic E-state index is 12.5. The van der Waals surface area contributed by atoms with Gasteiger partial charge in [-0.15, -0.1) is 0 Å². The fourth-order valence-electron chi connectivity index (χ4n) is 3.71. The largest absolute Gasteiger partial charge is 0.343 e. The minimum Gasteiger partial charge on any atom is -0.343 e. The molecule has 29 heavy (non-hydrogen) atoms. The number of nitrogens with one attached hydrogen (secondary N) is 2. The van der Waals surface area contributed by atoms with Crippen LogP contribution >= 0.6 is 0 Å². The molecule has 0 unspecified atom stereocenters. The average Bonchev–Trinajstić information content (AvgIpc) is 2.97. The number of hydrogen-bond acceptors (Lipinski definition) is 4. The molecule has 2 N–H and O–H groups in total. The van der Waals surface area contributed by atoms with Gasteiger partial charge in [-0.3, -0.25) is 13.9 Å². The molecule has 154 valence electrons. The molecule has 1 atom stereocenters. The smallest absolute Gasteiger partial charge is 0.251 e. The number of sulfonamides is 1. The van der Waals surface area contributed by atoms with E-state index in [-0.39, 0.29) is 24.4 Å². The number of anilines is 2. The lowest BCUT2D eigenvalue weighted by Crippen LogP contribution is -2.34. The molecule has 2 amide bonds. The summed E-state index contributed by atoms with van der Waals surface area (Å²) in [6, 6.07) is 10.5. The lowest BCUT2D eigenvalue weighted by molar-refractivity contribution is -0.115. The van der Waals surface area contributed by atoms with E-state index in [1.807, 2.05) is 39.0 Å². The number of fused-ring (bicyclic) bond motifs is 1. The lowest BCUT2D eigenvalue weighted by Gasteiger charge is -2.21. The van der Waals surface area contributed by atoms with Gasteiger partial charge in [0.25, 0.3) is 5.91 Å². The van der Waals surface area contributed by atoms with Gasteiger partial charge in [0.1, 0.15) is 0 Å². The highest BCUT2D eigenvalue weighted by atomic mass is 32.2. The maximum absolute atomic E-state index is 12.5. The molecule has 0 aliphatic carbocycles. The van der Waals surface area contributed by atoms with Crippen molar-refractivity contribution in [2.75, 3.05) is 22.4 Å². The van der Waals surface area contributed by atoms with Crippen LogP contribution in [0.3, 0.4) is 0 Å². The molecule has 2 aromatic rings. The van der Waals surface area contributed by atoms with Crippen molar-refractivity contribution in [3.63, 3.8) is 0 Å². The summed E-state index contributed by atoms with van der Waals surface area (Å²) >= 11 is 0. The first kappa shape index (κ1) is 20.9. The highest BCUT2D eigenvalue weighted by Crippen LogP contribution is 2.34. The number of carbonyl (C=O) groups is 2. The third-order valence-corrected chi connectivity index (χ3v) is 6.28. The monoisotopic (exact) mass is 415 g/mol. The number of para-hydroxylation sites is 1. The van der Waals surface area contributed by atoms with Gasteiger partial charge in [-0.25, -0.2) is 8.42 Å². The van der Waals surface area contributed by atoms with Gasteiger partial charge in [-0.2, -0.15) is 0 Å². The second kappa shape index (κ2) is 7.87. The molecular weight excluding hydrogens is 390 g/mol. The Bertz CT molecular complexity index is 1060. The molecule has 3 rings (SSSR count). The molecule has 0 saturated carbocycles. The molecule has 0 bridgehead atoms. The van der Waals surface area contributed by atoms with Crippen LogP contribution in [0.25, 0.3) is 0 Å². The normalized spacial score (nSPS) is 15.7. The van der Waals surface area contributed by atoms with E-state index in [4.69, 9.17) is 0 Å². The van der Waals surface area contributed by atoms with Gasteiger partial charge in [-0.1, -0.05) is 18.2 Å². The molecule has 1 aliphatic rings. The van der Waals surface area contributed by atoms with E-state index in [2.05, 4.69) is 10.6 Å². The summed E-state index contributed by atoms with van der Waals surface area (Å²) in [6.07, 6.45) is 1.71. The molecule has 1 heterocycles. The minimum absolute atomic E-state index is 0.157. The van der Waals surface area contributed by atoms with E-state index in [0.29, 0.717) is 17.7 Å². The zero-order valence-electron chi connectivity index (χ0n) is 16.9. The Morgan fingerprint density at radius 3 is 2.41 bits per heavy atom. The zero-order chi connectivity index (χ0) is 21.3. The van der Waals surface area contributed by atoms with Gasteiger partial charge < -0.3 is 10.6 Å². The van der Waals surface area contributed by atoms with E-state index in [1.165, 1.54) is 10.6 Å². The highest BCUT2D eigenvalue weighted by molar-refractivity contribution is 7.92. The highest BCUT2D eigenvalue weighted by Gasteiger charge is 2.32. The second-order valence-electron chi connectivity index (χ2n) is 7.45. The van der Waals surface area contributed by atoms with E-state index in [0.717, 1.165) is 22.4 Å². The minimum atomic E-state index is -3.38. The SMILES string of the molecule is Cc1cccc(C)c1NC(=O)CNC(=O)c1ccc2c(c1)C[C@H](C)N2S(C)(=O)=O. The van der Waals surface area contributed by atoms with Gasteiger partial charge in [0.15, 0.2) is 0 Å². The summed E-state index contributed by atoms with van der Waals surface area (Å²) in [5.41, 5.74) is 4.45. The summed E-state index contributed by atoms with van der Waals surface area (Å²) < 4.78 is 25.4. The van der Waals surface area contributed by atoms with Crippen LogP contribution in [0.15, 0.2) is 36.4 Å². The van der Waals surface area contributed by atoms with Crippen LogP contribution in [0.4, 0.5) is 11.4 Å². The molecule has 0 spiro atoms. The quantitative estimate of drug-likeness (QED) is 0.784. The van der Waals surface area contributed by atoms with Crippen molar-refractivity contribution in [3.05, 3.63) is 58.7 Å². The van der Waals surface area contributed by atoms with Gasteiger partial charge in [0.2, 0.25) is 15.9 Å². The third kappa shape index (κ3) is 4.42. The summed E-state index contributed by atoms with van der Waals surface area (Å²) in [4.78, 5) is 24.7. The van der Waals surface area contributed by atoms with E-state index >= 15 is 0 Å². The summed E-state index contributed by atoms with van der Waals surface area (Å²) in [5.74, 6) is -0.691. The van der Waals surface area contributed by atoms with Crippen molar-refractivity contribution >= 4 is 33.2 Å². The number of amides is 2. The van der Waals surface area contributed by atoms with Crippen molar-refractivity contribution in [2.45, 2.75) is 33.2 Å².